The summed E-state index contributed by atoms with van der Waals surface area (Å²) in [4.78, 5) is 24.3. The molecule has 0 unspecified atom stereocenters. The number of hydrogen-bond acceptors (Lipinski definition) is 8. The highest BCUT2D eigenvalue weighted by molar-refractivity contribution is 6.03. The van der Waals surface area contributed by atoms with Gasteiger partial charge >= 0.3 is 5.97 Å². The largest absolute Gasteiger partial charge is 0.493 e. The highest BCUT2D eigenvalue weighted by atomic mass is 16.5. The zero-order valence-corrected chi connectivity index (χ0v) is 17.6. The fourth-order valence-electron chi connectivity index (χ4n) is 2.97. The van der Waals surface area contributed by atoms with Crippen molar-refractivity contribution in [3.05, 3.63) is 53.8 Å². The summed E-state index contributed by atoms with van der Waals surface area (Å²) >= 11 is 0. The number of carbonyl (C=O) groups is 2. The number of nitrogens with zero attached hydrogens (tertiary/aromatic N) is 1. The zero-order chi connectivity index (χ0) is 23.1. The van der Waals surface area contributed by atoms with Gasteiger partial charge in [-0.1, -0.05) is 12.1 Å². The van der Waals surface area contributed by atoms with Crippen molar-refractivity contribution in [3.8, 4) is 23.3 Å². The van der Waals surface area contributed by atoms with Crippen LogP contribution in [0.4, 0.5) is 5.69 Å². The Labute approximate surface area is 183 Å². The molecule has 0 radical (unpaired) electrons. The summed E-state index contributed by atoms with van der Waals surface area (Å²) in [5.41, 5.74) is 1.30. The minimum absolute atomic E-state index is 0.0341. The first-order valence-corrected chi connectivity index (χ1v) is 9.37. The van der Waals surface area contributed by atoms with E-state index in [1.165, 1.54) is 33.5 Å². The SMILES string of the molecule is COc1cc(C=CC(=O)OCC(=O)Nc2c(C#N)oc3ccccc23)cc(OC)c1OC. The van der Waals surface area contributed by atoms with E-state index in [0.717, 1.165) is 0 Å². The van der Waals surface area contributed by atoms with Crippen LogP contribution in [0.2, 0.25) is 0 Å². The van der Waals surface area contributed by atoms with Crippen LogP contribution in [0.3, 0.4) is 0 Å². The van der Waals surface area contributed by atoms with Crippen molar-refractivity contribution in [2.75, 3.05) is 33.3 Å². The normalized spacial score (nSPS) is 10.6. The molecule has 0 saturated carbocycles. The van der Waals surface area contributed by atoms with Gasteiger partial charge in [0.1, 0.15) is 17.3 Å². The van der Waals surface area contributed by atoms with Crippen LogP contribution in [0.15, 0.2) is 46.9 Å². The fourth-order valence-corrected chi connectivity index (χ4v) is 2.97. The maximum atomic E-state index is 12.2. The Hall–Kier alpha value is -4.45. The molecule has 0 spiro atoms. The number of ether oxygens (including phenoxy) is 4. The Balaban J connectivity index is 1.64. The predicted octanol–water partition coefficient (Wildman–Crippen LogP) is 3.53. The Bertz CT molecular complexity index is 1200. The lowest BCUT2D eigenvalue weighted by Gasteiger charge is -2.12. The molecule has 0 aliphatic carbocycles. The summed E-state index contributed by atoms with van der Waals surface area (Å²) in [6.07, 6.45) is 2.66. The van der Waals surface area contributed by atoms with Gasteiger partial charge in [-0.3, -0.25) is 4.79 Å². The molecular weight excluding hydrogens is 416 g/mol. The van der Waals surface area contributed by atoms with Gasteiger partial charge in [-0.2, -0.15) is 5.26 Å². The molecule has 9 heteroatoms. The number of furan rings is 1. The first kappa shape index (κ1) is 22.2. The number of esters is 1. The van der Waals surface area contributed by atoms with E-state index < -0.39 is 18.5 Å². The molecular formula is C23H20N2O7. The quantitative estimate of drug-likeness (QED) is 0.421. The van der Waals surface area contributed by atoms with Gasteiger partial charge in [-0.25, -0.2) is 4.79 Å². The first-order chi connectivity index (χ1) is 15.5. The number of rotatable bonds is 8. The highest BCUT2D eigenvalue weighted by Crippen LogP contribution is 2.38. The predicted molar refractivity (Wildman–Crippen MR) is 116 cm³/mol. The maximum absolute atomic E-state index is 12.2. The molecule has 0 saturated heterocycles. The van der Waals surface area contributed by atoms with Gasteiger partial charge in [0.15, 0.2) is 18.1 Å². The van der Waals surface area contributed by atoms with E-state index in [0.29, 0.717) is 33.8 Å². The molecule has 3 rings (SSSR count). The van der Waals surface area contributed by atoms with Crippen molar-refractivity contribution in [1.82, 2.24) is 0 Å². The van der Waals surface area contributed by atoms with E-state index in [9.17, 15) is 14.9 Å². The Morgan fingerprint density at radius 2 is 1.78 bits per heavy atom. The standard InChI is InChI=1S/C23H20N2O7/c1-28-17-10-14(11-18(29-2)23(17)30-3)8-9-21(27)31-13-20(26)25-22-15-6-4-5-7-16(15)32-19(22)12-24/h4-11H,13H2,1-3H3,(H,25,26). The summed E-state index contributed by atoms with van der Waals surface area (Å²) in [6, 6.07) is 12.1. The van der Waals surface area contributed by atoms with E-state index in [1.807, 2.05) is 6.07 Å². The molecule has 2 aromatic carbocycles. The summed E-state index contributed by atoms with van der Waals surface area (Å²) in [5, 5.41) is 12.3. The average molecular weight is 436 g/mol. The number of benzene rings is 2. The summed E-state index contributed by atoms with van der Waals surface area (Å²) < 4.78 is 26.2. The second-order valence-electron chi connectivity index (χ2n) is 6.36. The zero-order valence-electron chi connectivity index (χ0n) is 17.6. The number of fused-ring (bicyclic) bond motifs is 1. The van der Waals surface area contributed by atoms with Crippen LogP contribution >= 0.6 is 0 Å². The van der Waals surface area contributed by atoms with Crippen LogP contribution in [0.1, 0.15) is 11.3 Å². The number of methoxy groups -OCH3 is 3. The van der Waals surface area contributed by atoms with Gasteiger partial charge < -0.3 is 28.7 Å². The van der Waals surface area contributed by atoms with Crippen molar-refractivity contribution >= 4 is 34.6 Å². The molecule has 164 valence electrons. The molecule has 9 nitrogen and oxygen atoms in total. The molecule has 1 amide bonds. The van der Waals surface area contributed by atoms with Crippen molar-refractivity contribution in [3.63, 3.8) is 0 Å². The van der Waals surface area contributed by atoms with Crippen LogP contribution in [0.5, 0.6) is 17.2 Å². The third kappa shape index (κ3) is 4.82. The van der Waals surface area contributed by atoms with E-state index in [2.05, 4.69) is 5.32 Å². The van der Waals surface area contributed by atoms with Crippen molar-refractivity contribution < 1.29 is 33.0 Å². The smallest absolute Gasteiger partial charge is 0.331 e. The van der Waals surface area contributed by atoms with Crippen molar-refractivity contribution in [2.45, 2.75) is 0 Å². The van der Waals surface area contributed by atoms with Crippen molar-refractivity contribution in [1.29, 1.82) is 5.26 Å². The van der Waals surface area contributed by atoms with Crippen molar-refractivity contribution in [2.24, 2.45) is 0 Å². The van der Waals surface area contributed by atoms with Gasteiger partial charge in [-0.05, 0) is 35.9 Å². The number of para-hydroxylation sites is 1. The Morgan fingerprint density at radius 3 is 2.41 bits per heavy atom. The van der Waals surface area contributed by atoms with Gasteiger partial charge in [0.05, 0.1) is 21.3 Å². The molecule has 0 bridgehead atoms. The minimum atomic E-state index is -0.730. The van der Waals surface area contributed by atoms with E-state index >= 15 is 0 Å². The van der Waals surface area contributed by atoms with Crippen LogP contribution in [-0.4, -0.2) is 39.8 Å². The van der Waals surface area contributed by atoms with Gasteiger partial charge in [0.2, 0.25) is 11.5 Å². The second-order valence-corrected chi connectivity index (χ2v) is 6.36. The summed E-state index contributed by atoms with van der Waals surface area (Å²) in [7, 11) is 4.46. The van der Waals surface area contributed by atoms with Crippen LogP contribution < -0.4 is 19.5 Å². The lowest BCUT2D eigenvalue weighted by atomic mass is 10.1. The lowest BCUT2D eigenvalue weighted by Crippen LogP contribution is -2.20. The summed E-state index contributed by atoms with van der Waals surface area (Å²) in [5.74, 6) is -0.0862. The number of nitriles is 1. The van der Waals surface area contributed by atoms with E-state index in [4.69, 9.17) is 23.4 Å². The average Bonchev–Trinajstić information content (AvgIpc) is 3.17. The van der Waals surface area contributed by atoms with E-state index in [-0.39, 0.29) is 11.4 Å². The molecule has 1 aromatic heterocycles. The Morgan fingerprint density at radius 1 is 1.09 bits per heavy atom. The van der Waals surface area contributed by atoms with Gasteiger partial charge in [-0.15, -0.1) is 0 Å². The molecule has 32 heavy (non-hydrogen) atoms. The number of hydrogen-bond donors (Lipinski definition) is 1. The number of carbonyl (C=O) groups excluding carboxylic acids is 2. The number of nitrogens with one attached hydrogen (secondary N) is 1. The van der Waals surface area contributed by atoms with Crippen LogP contribution in [-0.2, 0) is 14.3 Å². The van der Waals surface area contributed by atoms with Crippen LogP contribution in [0, 0.1) is 11.3 Å². The Kier molecular flexibility index (Phi) is 6.98. The molecule has 0 aliphatic rings. The summed E-state index contributed by atoms with van der Waals surface area (Å²) in [6.45, 7) is -0.539. The molecule has 0 atom stereocenters. The van der Waals surface area contributed by atoms with E-state index in [1.54, 1.807) is 36.4 Å². The topological polar surface area (TPSA) is 120 Å². The molecule has 1 heterocycles. The van der Waals surface area contributed by atoms with Gasteiger partial charge in [0, 0.05) is 11.5 Å². The molecule has 0 fully saturated rings. The second kappa shape index (κ2) is 10.0. The highest BCUT2D eigenvalue weighted by Gasteiger charge is 2.17. The third-order valence-electron chi connectivity index (χ3n) is 4.41. The molecule has 0 aliphatic heterocycles. The number of amides is 1. The third-order valence-corrected chi connectivity index (χ3v) is 4.41. The van der Waals surface area contributed by atoms with Gasteiger partial charge in [0.25, 0.3) is 5.91 Å². The molecule has 1 N–H and O–H groups in total. The minimum Gasteiger partial charge on any atom is -0.493 e. The first-order valence-electron chi connectivity index (χ1n) is 9.37. The fraction of sp³-hybridized carbons (Fsp3) is 0.174. The van der Waals surface area contributed by atoms with Crippen LogP contribution in [0.25, 0.3) is 17.0 Å². The number of anilines is 1. The lowest BCUT2D eigenvalue weighted by molar-refractivity contribution is -0.142. The maximum Gasteiger partial charge on any atom is 0.331 e. The monoisotopic (exact) mass is 436 g/mol. The molecule has 3 aromatic rings.